The molecule has 3 N–H and O–H groups in total. The van der Waals surface area contributed by atoms with E-state index in [0.717, 1.165) is 0 Å². The molecule has 0 amide bonds. The Morgan fingerprint density at radius 3 is 2.03 bits per heavy atom. The van der Waals surface area contributed by atoms with Crippen molar-refractivity contribution >= 4 is 17.5 Å². The molecule has 0 spiro atoms. The van der Waals surface area contributed by atoms with Gasteiger partial charge in [-0.25, -0.2) is 4.98 Å². The fraction of sp³-hybridized carbons (Fsp3) is 0.375. The first-order valence-corrected chi connectivity index (χ1v) is 8.00. The van der Waals surface area contributed by atoms with Crippen LogP contribution in [-0.2, 0) is 18.5 Å². The number of rotatable bonds is 5. The lowest BCUT2D eigenvalue weighted by molar-refractivity contribution is -0.143. The second-order valence-corrected chi connectivity index (χ2v) is 6.07. The van der Waals surface area contributed by atoms with Crippen LogP contribution in [0.15, 0.2) is 24.3 Å². The van der Waals surface area contributed by atoms with Gasteiger partial charge in [-0.2, -0.15) is 44.5 Å². The summed E-state index contributed by atoms with van der Waals surface area (Å²) in [5.74, 6) is -1.41. The molecule has 1 aromatic carbocycles. The number of anilines is 3. The molecule has 1 atom stereocenters. The molecule has 5 nitrogen and oxygen atoms in total. The highest BCUT2D eigenvalue weighted by Crippen LogP contribution is 2.40. The molecular weight excluding hydrogens is 435 g/mol. The first kappa shape index (κ1) is 23.5. The third-order valence-corrected chi connectivity index (χ3v) is 3.58. The van der Waals surface area contributed by atoms with Crippen molar-refractivity contribution in [1.82, 2.24) is 9.97 Å². The SMILES string of the molecule is C[C@H](CO)Nc1nc(Nc2ccc(C(F)(F)F)cc2C(F)(F)F)cc(C(F)(F)F)n1. The number of nitrogens with zero attached hydrogens (tertiary/aromatic N) is 2. The maximum Gasteiger partial charge on any atom is 0.433 e. The summed E-state index contributed by atoms with van der Waals surface area (Å²) in [6.45, 7) is 0.855. The average molecular weight is 448 g/mol. The normalized spacial score (nSPS) is 13.8. The quantitative estimate of drug-likeness (QED) is 0.558. The zero-order chi connectivity index (χ0) is 22.9. The number of aromatic nitrogens is 2. The van der Waals surface area contributed by atoms with Crippen molar-refractivity contribution < 1.29 is 44.6 Å². The summed E-state index contributed by atoms with van der Waals surface area (Å²) in [4.78, 5) is 6.77. The van der Waals surface area contributed by atoms with Gasteiger partial charge in [0, 0.05) is 12.1 Å². The van der Waals surface area contributed by atoms with Crippen LogP contribution in [0.4, 0.5) is 57.0 Å². The molecule has 0 aliphatic heterocycles. The predicted octanol–water partition coefficient (Wildman–Crippen LogP) is 5.07. The summed E-state index contributed by atoms with van der Waals surface area (Å²) in [7, 11) is 0. The molecule has 2 rings (SSSR count). The van der Waals surface area contributed by atoms with Crippen molar-refractivity contribution in [3.63, 3.8) is 0 Å². The number of halogens is 9. The summed E-state index contributed by atoms with van der Waals surface area (Å²) >= 11 is 0. The van der Waals surface area contributed by atoms with E-state index in [1.807, 2.05) is 5.32 Å². The number of alkyl halides is 9. The summed E-state index contributed by atoms with van der Waals surface area (Å²) in [5, 5.41) is 13.3. The van der Waals surface area contributed by atoms with Crippen molar-refractivity contribution in [2.24, 2.45) is 0 Å². The number of aliphatic hydroxyl groups is 1. The molecule has 0 fully saturated rings. The topological polar surface area (TPSA) is 70.1 Å². The van der Waals surface area contributed by atoms with Crippen LogP contribution in [0.2, 0.25) is 0 Å². The first-order valence-electron chi connectivity index (χ1n) is 8.00. The molecule has 1 heterocycles. The standard InChI is InChI=1S/C16H13F9N4O/c1-7(6-30)26-13-28-11(16(23,24)25)5-12(29-13)27-10-3-2-8(14(17,18)19)4-9(10)15(20,21)22/h2-5,7,30H,6H2,1H3,(H2,26,27,28,29)/t7-/m1/s1. The van der Waals surface area contributed by atoms with Crippen LogP contribution >= 0.6 is 0 Å². The Labute approximate surface area is 163 Å². The van der Waals surface area contributed by atoms with Gasteiger partial charge in [-0.3, -0.25) is 0 Å². The maximum absolute atomic E-state index is 13.2. The Balaban J connectivity index is 2.54. The minimum Gasteiger partial charge on any atom is -0.394 e. The second-order valence-electron chi connectivity index (χ2n) is 6.07. The molecule has 0 saturated carbocycles. The Kier molecular flexibility index (Phi) is 6.40. The largest absolute Gasteiger partial charge is 0.433 e. The Bertz CT molecular complexity index is 894. The maximum atomic E-state index is 13.2. The summed E-state index contributed by atoms with van der Waals surface area (Å²) in [6.07, 6.45) is -15.3. The van der Waals surface area contributed by atoms with E-state index in [2.05, 4.69) is 15.3 Å². The van der Waals surface area contributed by atoms with Gasteiger partial charge in [0.15, 0.2) is 5.69 Å². The Morgan fingerprint density at radius 2 is 1.53 bits per heavy atom. The van der Waals surface area contributed by atoms with Crippen LogP contribution in [0.25, 0.3) is 0 Å². The van der Waals surface area contributed by atoms with Gasteiger partial charge < -0.3 is 15.7 Å². The molecule has 0 unspecified atom stereocenters. The van der Waals surface area contributed by atoms with E-state index in [-0.39, 0.29) is 6.07 Å². The predicted molar refractivity (Wildman–Crippen MR) is 86.9 cm³/mol. The van der Waals surface area contributed by atoms with Crippen LogP contribution in [0.1, 0.15) is 23.7 Å². The van der Waals surface area contributed by atoms with Gasteiger partial charge in [0.1, 0.15) is 5.82 Å². The molecule has 0 aliphatic carbocycles. The smallest absolute Gasteiger partial charge is 0.394 e. The van der Waals surface area contributed by atoms with E-state index in [1.54, 1.807) is 0 Å². The molecule has 0 saturated heterocycles. The minimum absolute atomic E-state index is 0.165. The summed E-state index contributed by atoms with van der Waals surface area (Å²) in [5.41, 5.74) is -5.79. The zero-order valence-corrected chi connectivity index (χ0v) is 14.8. The molecule has 30 heavy (non-hydrogen) atoms. The van der Waals surface area contributed by atoms with Gasteiger partial charge in [-0.1, -0.05) is 0 Å². The van der Waals surface area contributed by atoms with Gasteiger partial charge in [-0.15, -0.1) is 0 Å². The van der Waals surface area contributed by atoms with Gasteiger partial charge in [0.25, 0.3) is 0 Å². The fourth-order valence-corrected chi connectivity index (χ4v) is 2.19. The number of hydrogen-bond acceptors (Lipinski definition) is 5. The monoisotopic (exact) mass is 448 g/mol. The summed E-state index contributed by atoms with van der Waals surface area (Å²) in [6, 6.07) is 0.118. The molecule has 1 aromatic heterocycles. The molecular formula is C16H13F9N4O. The van der Waals surface area contributed by atoms with Gasteiger partial charge in [-0.05, 0) is 25.1 Å². The van der Waals surface area contributed by atoms with Crippen molar-refractivity contribution in [3.8, 4) is 0 Å². The highest BCUT2D eigenvalue weighted by atomic mass is 19.4. The van der Waals surface area contributed by atoms with Crippen LogP contribution in [0, 0.1) is 0 Å². The third-order valence-electron chi connectivity index (χ3n) is 3.58. The molecule has 0 radical (unpaired) electrons. The van der Waals surface area contributed by atoms with Crippen LogP contribution < -0.4 is 10.6 Å². The fourth-order valence-electron chi connectivity index (χ4n) is 2.19. The second kappa shape index (κ2) is 8.16. The Hall–Kier alpha value is -2.77. The zero-order valence-electron chi connectivity index (χ0n) is 14.8. The van der Waals surface area contributed by atoms with Gasteiger partial charge >= 0.3 is 18.5 Å². The van der Waals surface area contributed by atoms with Crippen molar-refractivity contribution in [3.05, 3.63) is 41.1 Å². The average Bonchev–Trinajstić information content (AvgIpc) is 2.59. The lowest BCUT2D eigenvalue weighted by atomic mass is 10.1. The molecule has 166 valence electrons. The van der Waals surface area contributed by atoms with E-state index in [9.17, 15) is 39.5 Å². The number of aliphatic hydroxyl groups excluding tert-OH is 1. The van der Waals surface area contributed by atoms with E-state index in [0.29, 0.717) is 18.2 Å². The Morgan fingerprint density at radius 1 is 0.900 bits per heavy atom. The van der Waals surface area contributed by atoms with Crippen molar-refractivity contribution in [1.29, 1.82) is 0 Å². The van der Waals surface area contributed by atoms with E-state index < -0.39 is 65.5 Å². The van der Waals surface area contributed by atoms with Crippen molar-refractivity contribution in [2.45, 2.75) is 31.5 Å². The number of benzene rings is 1. The van der Waals surface area contributed by atoms with E-state index in [4.69, 9.17) is 5.11 Å². The first-order chi connectivity index (χ1) is 13.6. The lowest BCUT2D eigenvalue weighted by Gasteiger charge is -2.18. The van der Waals surface area contributed by atoms with Crippen LogP contribution in [0.5, 0.6) is 0 Å². The third kappa shape index (κ3) is 5.87. The van der Waals surface area contributed by atoms with E-state index >= 15 is 0 Å². The summed E-state index contributed by atoms with van der Waals surface area (Å²) < 4.78 is 117. The van der Waals surface area contributed by atoms with Crippen LogP contribution in [-0.4, -0.2) is 27.7 Å². The minimum atomic E-state index is -5.24. The van der Waals surface area contributed by atoms with Gasteiger partial charge in [0.05, 0.1) is 23.4 Å². The molecule has 2 aromatic rings. The number of nitrogens with one attached hydrogen (secondary N) is 2. The highest BCUT2D eigenvalue weighted by molar-refractivity contribution is 5.63. The van der Waals surface area contributed by atoms with Gasteiger partial charge in [0.2, 0.25) is 5.95 Å². The number of hydrogen-bond donors (Lipinski definition) is 3. The molecule has 14 heteroatoms. The molecule has 0 aliphatic rings. The highest BCUT2D eigenvalue weighted by Gasteiger charge is 2.39. The van der Waals surface area contributed by atoms with Crippen molar-refractivity contribution in [2.75, 3.05) is 17.2 Å². The van der Waals surface area contributed by atoms with Crippen LogP contribution in [0.3, 0.4) is 0 Å². The van der Waals surface area contributed by atoms with E-state index in [1.165, 1.54) is 6.92 Å². The lowest BCUT2D eigenvalue weighted by Crippen LogP contribution is -2.22. The molecule has 0 bridgehead atoms.